The first-order valence-corrected chi connectivity index (χ1v) is 6.46. The number of halogens is 1. The van der Waals surface area contributed by atoms with E-state index in [-0.39, 0.29) is 17.9 Å². The van der Waals surface area contributed by atoms with Gasteiger partial charge in [0.25, 0.3) is 5.56 Å². The smallest absolute Gasteiger partial charge is 0.283 e. The molecule has 0 atom stereocenters. The van der Waals surface area contributed by atoms with Gasteiger partial charge in [0.2, 0.25) is 0 Å². The number of nitrogens with zero attached hydrogens (tertiary/aromatic N) is 3. The molecular weight excluding hydrogens is 302 g/mol. The molecule has 0 N–H and O–H groups in total. The third-order valence-electron chi connectivity index (χ3n) is 2.69. The van der Waals surface area contributed by atoms with Crippen LogP contribution in [0.2, 0.25) is 0 Å². The number of morpholine rings is 1. The summed E-state index contributed by atoms with van der Waals surface area (Å²) in [4.78, 5) is 25.1. The Balaban J connectivity index is 2.30. The molecule has 1 aliphatic heterocycles. The minimum atomic E-state index is -0.283. The van der Waals surface area contributed by atoms with Crippen LogP contribution < -0.4 is 10.5 Å². The van der Waals surface area contributed by atoms with Crippen LogP contribution in [-0.2, 0) is 16.1 Å². The Morgan fingerprint density at radius 1 is 1.50 bits per heavy atom. The zero-order valence-electron chi connectivity index (χ0n) is 10.1. The second kappa shape index (κ2) is 5.62. The molecule has 0 radical (unpaired) electrons. The van der Waals surface area contributed by atoms with E-state index in [1.54, 1.807) is 6.20 Å². The summed E-state index contributed by atoms with van der Waals surface area (Å²) in [5.41, 5.74) is 0.470. The highest BCUT2D eigenvalue weighted by molar-refractivity contribution is 9.10. The molecular formula is C11H14BrN3O3. The topological polar surface area (TPSA) is 64.4 Å². The molecule has 0 aromatic carbocycles. The van der Waals surface area contributed by atoms with Gasteiger partial charge in [-0.3, -0.25) is 9.59 Å². The van der Waals surface area contributed by atoms with Crippen LogP contribution in [0, 0.1) is 0 Å². The van der Waals surface area contributed by atoms with E-state index in [1.807, 2.05) is 4.90 Å². The fourth-order valence-corrected chi connectivity index (χ4v) is 2.36. The number of Topliss-reactive ketones (excluding diaryl/α,β-unsaturated/α-hetero) is 1. The van der Waals surface area contributed by atoms with E-state index in [4.69, 9.17) is 4.74 Å². The van der Waals surface area contributed by atoms with Gasteiger partial charge >= 0.3 is 0 Å². The Kier molecular flexibility index (Phi) is 4.13. The SMILES string of the molecule is CC(=O)Cn1ncc(N2CCOCC2)c(Br)c1=O. The molecule has 2 heterocycles. The average molecular weight is 316 g/mol. The third kappa shape index (κ3) is 2.78. The maximum absolute atomic E-state index is 12.0. The monoisotopic (exact) mass is 315 g/mol. The quantitative estimate of drug-likeness (QED) is 0.809. The van der Waals surface area contributed by atoms with Crippen molar-refractivity contribution in [1.82, 2.24) is 9.78 Å². The lowest BCUT2D eigenvalue weighted by atomic mass is 10.3. The number of ketones is 1. The summed E-state index contributed by atoms with van der Waals surface area (Å²) in [6.45, 7) is 4.18. The van der Waals surface area contributed by atoms with Gasteiger partial charge < -0.3 is 9.64 Å². The highest BCUT2D eigenvalue weighted by Gasteiger charge is 2.17. The lowest BCUT2D eigenvalue weighted by Gasteiger charge is -2.29. The van der Waals surface area contributed by atoms with E-state index in [0.29, 0.717) is 17.7 Å². The highest BCUT2D eigenvalue weighted by Crippen LogP contribution is 2.22. The molecule has 1 fully saturated rings. The summed E-state index contributed by atoms with van der Waals surface area (Å²) in [5, 5.41) is 4.03. The van der Waals surface area contributed by atoms with E-state index >= 15 is 0 Å². The molecule has 1 aromatic heterocycles. The summed E-state index contributed by atoms with van der Waals surface area (Å²) < 4.78 is 6.87. The molecule has 0 saturated carbocycles. The van der Waals surface area contributed by atoms with Crippen LogP contribution in [0.25, 0.3) is 0 Å². The van der Waals surface area contributed by atoms with Crippen molar-refractivity contribution in [1.29, 1.82) is 0 Å². The first-order chi connectivity index (χ1) is 8.59. The second-order valence-electron chi connectivity index (χ2n) is 4.11. The largest absolute Gasteiger partial charge is 0.378 e. The Morgan fingerprint density at radius 3 is 2.78 bits per heavy atom. The second-order valence-corrected chi connectivity index (χ2v) is 4.90. The molecule has 18 heavy (non-hydrogen) atoms. The van der Waals surface area contributed by atoms with Crippen molar-refractivity contribution in [2.45, 2.75) is 13.5 Å². The van der Waals surface area contributed by atoms with Gasteiger partial charge in [-0.05, 0) is 22.9 Å². The molecule has 0 spiro atoms. The Labute approximate surface area is 113 Å². The molecule has 1 aromatic rings. The zero-order chi connectivity index (χ0) is 13.1. The van der Waals surface area contributed by atoms with Gasteiger partial charge in [0.15, 0.2) is 5.78 Å². The maximum Gasteiger partial charge on any atom is 0.283 e. The van der Waals surface area contributed by atoms with Crippen molar-refractivity contribution in [3.8, 4) is 0 Å². The minimum Gasteiger partial charge on any atom is -0.378 e. The van der Waals surface area contributed by atoms with Crippen LogP contribution in [0.1, 0.15) is 6.92 Å². The number of hydrogen-bond acceptors (Lipinski definition) is 5. The van der Waals surface area contributed by atoms with Crippen LogP contribution in [0.3, 0.4) is 0 Å². The number of rotatable bonds is 3. The van der Waals surface area contributed by atoms with Crippen molar-refractivity contribution in [3.05, 3.63) is 21.0 Å². The number of ether oxygens (including phenoxy) is 1. The van der Waals surface area contributed by atoms with Crippen LogP contribution in [0.5, 0.6) is 0 Å². The third-order valence-corrected chi connectivity index (χ3v) is 3.44. The highest BCUT2D eigenvalue weighted by atomic mass is 79.9. The van der Waals surface area contributed by atoms with Gasteiger partial charge in [0.1, 0.15) is 11.0 Å². The predicted molar refractivity (Wildman–Crippen MR) is 69.9 cm³/mol. The van der Waals surface area contributed by atoms with Crippen LogP contribution in [0.4, 0.5) is 5.69 Å². The van der Waals surface area contributed by atoms with Gasteiger partial charge in [-0.2, -0.15) is 5.10 Å². The van der Waals surface area contributed by atoms with Gasteiger partial charge in [-0.15, -0.1) is 0 Å². The number of anilines is 1. The first-order valence-electron chi connectivity index (χ1n) is 5.67. The Bertz CT molecular complexity index is 509. The number of carbonyl (C=O) groups is 1. The number of aromatic nitrogens is 2. The normalized spacial score (nSPS) is 15.8. The van der Waals surface area contributed by atoms with Crippen molar-refractivity contribution in [2.24, 2.45) is 0 Å². The molecule has 0 aliphatic carbocycles. The van der Waals surface area contributed by atoms with Gasteiger partial charge in [0.05, 0.1) is 25.1 Å². The minimum absolute atomic E-state index is 0.000818. The molecule has 0 amide bonds. The summed E-state index contributed by atoms with van der Waals surface area (Å²) >= 11 is 3.29. The van der Waals surface area contributed by atoms with E-state index in [9.17, 15) is 9.59 Å². The standard InChI is InChI=1S/C11H14BrN3O3/c1-8(16)7-15-11(17)10(12)9(6-13-15)14-2-4-18-5-3-14/h6H,2-5,7H2,1H3. The maximum atomic E-state index is 12.0. The summed E-state index contributed by atoms with van der Waals surface area (Å²) in [5.74, 6) is -0.101. The molecule has 1 aliphatic rings. The van der Waals surface area contributed by atoms with Crippen LogP contribution in [0.15, 0.2) is 15.5 Å². The number of carbonyl (C=O) groups excluding carboxylic acids is 1. The lowest BCUT2D eigenvalue weighted by Crippen LogP contribution is -2.38. The van der Waals surface area contributed by atoms with Gasteiger partial charge in [0, 0.05) is 13.1 Å². The molecule has 0 unspecified atom stereocenters. The van der Waals surface area contributed by atoms with Gasteiger partial charge in [-0.25, -0.2) is 4.68 Å². The summed E-state index contributed by atoms with van der Waals surface area (Å²) in [6.07, 6.45) is 1.61. The van der Waals surface area contributed by atoms with E-state index < -0.39 is 0 Å². The fraction of sp³-hybridized carbons (Fsp3) is 0.545. The van der Waals surface area contributed by atoms with E-state index in [1.165, 1.54) is 6.92 Å². The van der Waals surface area contributed by atoms with Crippen LogP contribution >= 0.6 is 15.9 Å². The molecule has 1 saturated heterocycles. The predicted octanol–water partition coefficient (Wildman–Crippen LogP) is 0.431. The van der Waals surface area contributed by atoms with Gasteiger partial charge in [-0.1, -0.05) is 0 Å². The Hall–Kier alpha value is -1.21. The number of hydrogen-bond donors (Lipinski definition) is 0. The van der Waals surface area contributed by atoms with E-state index in [0.717, 1.165) is 23.5 Å². The van der Waals surface area contributed by atoms with Crippen LogP contribution in [-0.4, -0.2) is 41.9 Å². The molecule has 7 heteroatoms. The molecule has 6 nitrogen and oxygen atoms in total. The Morgan fingerprint density at radius 2 is 2.17 bits per heavy atom. The summed E-state index contributed by atoms with van der Waals surface area (Å²) in [6, 6.07) is 0. The van der Waals surface area contributed by atoms with Crippen molar-refractivity contribution < 1.29 is 9.53 Å². The molecule has 2 rings (SSSR count). The van der Waals surface area contributed by atoms with Crippen molar-refractivity contribution in [2.75, 3.05) is 31.2 Å². The summed E-state index contributed by atoms with van der Waals surface area (Å²) in [7, 11) is 0. The van der Waals surface area contributed by atoms with Crippen molar-refractivity contribution in [3.63, 3.8) is 0 Å². The zero-order valence-corrected chi connectivity index (χ0v) is 11.6. The average Bonchev–Trinajstić information content (AvgIpc) is 2.36. The molecule has 0 bridgehead atoms. The fourth-order valence-electron chi connectivity index (χ4n) is 1.80. The van der Waals surface area contributed by atoms with E-state index in [2.05, 4.69) is 21.0 Å². The lowest BCUT2D eigenvalue weighted by molar-refractivity contribution is -0.117. The first kappa shape index (κ1) is 13.2. The van der Waals surface area contributed by atoms with Crippen molar-refractivity contribution >= 4 is 27.4 Å². The molecule has 98 valence electrons.